The Morgan fingerprint density at radius 2 is 1.77 bits per heavy atom. The van der Waals surface area contributed by atoms with Gasteiger partial charge in [-0.25, -0.2) is 4.79 Å². The molecule has 31 heavy (non-hydrogen) atoms. The molecule has 1 aromatic heterocycles. The van der Waals surface area contributed by atoms with Crippen molar-refractivity contribution in [3.63, 3.8) is 0 Å². The van der Waals surface area contributed by atoms with Crippen LogP contribution in [0, 0.1) is 0 Å². The minimum absolute atomic E-state index is 0.270. The fraction of sp³-hybridized carbons (Fsp3) is 0.292. The van der Waals surface area contributed by atoms with Crippen LogP contribution < -0.4 is 10.1 Å². The van der Waals surface area contributed by atoms with Crippen molar-refractivity contribution >= 4 is 45.5 Å². The van der Waals surface area contributed by atoms with Crippen molar-refractivity contribution in [1.29, 1.82) is 0 Å². The molecule has 0 aliphatic heterocycles. The van der Waals surface area contributed by atoms with E-state index in [-0.39, 0.29) is 6.61 Å². The summed E-state index contributed by atoms with van der Waals surface area (Å²) < 4.78 is 5.83. The molecule has 3 aromatic rings. The average Bonchev–Trinajstić information content (AvgIpc) is 3.18. The Kier molecular flexibility index (Phi) is 8.64. The van der Waals surface area contributed by atoms with Gasteiger partial charge in [0.2, 0.25) is 0 Å². The summed E-state index contributed by atoms with van der Waals surface area (Å²) in [6, 6.07) is 14.6. The molecule has 0 amide bonds. The monoisotopic (exact) mass is 477 g/mol. The number of hydrogen-bond acceptors (Lipinski definition) is 4. The summed E-state index contributed by atoms with van der Waals surface area (Å²) in [6.07, 6.45) is 4.54. The van der Waals surface area contributed by atoms with E-state index in [9.17, 15) is 9.90 Å². The maximum atomic E-state index is 11.7. The number of aromatic carboxylic acids is 1. The first-order chi connectivity index (χ1) is 15.0. The highest BCUT2D eigenvalue weighted by molar-refractivity contribution is 7.19. The standard InChI is InChI=1S/C24H25Cl2NO3S/c1-2-3-4-5-13-27-23-18(24(28)29)14-22(31-23)16-9-11-17(12-10-16)30-15-19-20(25)7-6-8-21(19)26/h6-12,14,27H,2-5,13,15H2,1H3,(H,28,29). The highest BCUT2D eigenvalue weighted by Crippen LogP contribution is 2.36. The Labute approximate surface area is 196 Å². The van der Waals surface area contributed by atoms with Crippen LogP contribution in [0.25, 0.3) is 10.4 Å². The zero-order valence-electron chi connectivity index (χ0n) is 17.3. The fourth-order valence-corrected chi connectivity index (χ4v) is 4.71. The summed E-state index contributed by atoms with van der Waals surface area (Å²) in [5, 5.41) is 14.7. The Bertz CT molecular complexity index is 998. The predicted molar refractivity (Wildman–Crippen MR) is 130 cm³/mol. The van der Waals surface area contributed by atoms with Gasteiger partial charge in [-0.1, -0.05) is 55.5 Å². The van der Waals surface area contributed by atoms with E-state index in [2.05, 4.69) is 12.2 Å². The summed E-state index contributed by atoms with van der Waals surface area (Å²) in [4.78, 5) is 12.6. The number of anilines is 1. The van der Waals surface area contributed by atoms with Crippen molar-refractivity contribution in [3.05, 3.63) is 69.7 Å². The van der Waals surface area contributed by atoms with Crippen molar-refractivity contribution in [3.8, 4) is 16.2 Å². The largest absolute Gasteiger partial charge is 0.489 e. The van der Waals surface area contributed by atoms with Gasteiger partial charge in [-0.15, -0.1) is 11.3 Å². The molecule has 164 valence electrons. The van der Waals surface area contributed by atoms with Crippen LogP contribution in [0.15, 0.2) is 48.5 Å². The number of carbonyl (C=O) groups is 1. The van der Waals surface area contributed by atoms with E-state index in [1.807, 2.05) is 24.3 Å². The lowest BCUT2D eigenvalue weighted by Crippen LogP contribution is -2.04. The van der Waals surface area contributed by atoms with E-state index in [0.29, 0.717) is 26.4 Å². The second-order valence-corrected chi connectivity index (χ2v) is 9.03. The third-order valence-electron chi connectivity index (χ3n) is 4.86. The maximum Gasteiger partial charge on any atom is 0.338 e. The molecule has 0 unspecified atom stereocenters. The lowest BCUT2D eigenvalue weighted by atomic mass is 10.1. The van der Waals surface area contributed by atoms with Crippen LogP contribution in [-0.4, -0.2) is 17.6 Å². The zero-order chi connectivity index (χ0) is 22.2. The number of rotatable bonds is 11. The Morgan fingerprint density at radius 3 is 2.42 bits per heavy atom. The highest BCUT2D eigenvalue weighted by atomic mass is 35.5. The minimum atomic E-state index is -0.921. The molecule has 2 N–H and O–H groups in total. The molecule has 0 spiro atoms. The number of halogens is 2. The normalized spacial score (nSPS) is 10.8. The Hall–Kier alpha value is -2.21. The lowest BCUT2D eigenvalue weighted by molar-refractivity contribution is 0.0698. The van der Waals surface area contributed by atoms with Gasteiger partial charge in [0.1, 0.15) is 17.4 Å². The van der Waals surface area contributed by atoms with Crippen molar-refractivity contribution in [2.24, 2.45) is 0 Å². The number of nitrogens with one attached hydrogen (secondary N) is 1. The maximum absolute atomic E-state index is 11.7. The van der Waals surface area contributed by atoms with Crippen molar-refractivity contribution in [2.75, 3.05) is 11.9 Å². The molecule has 3 rings (SSSR count). The van der Waals surface area contributed by atoms with Gasteiger partial charge >= 0.3 is 5.97 Å². The van der Waals surface area contributed by atoms with E-state index >= 15 is 0 Å². The average molecular weight is 478 g/mol. The molecule has 4 nitrogen and oxygen atoms in total. The Morgan fingerprint density at radius 1 is 1.06 bits per heavy atom. The molecule has 0 bridgehead atoms. The smallest absolute Gasteiger partial charge is 0.338 e. The van der Waals surface area contributed by atoms with Gasteiger partial charge in [-0.05, 0) is 54.4 Å². The summed E-state index contributed by atoms with van der Waals surface area (Å²) >= 11 is 13.8. The first-order valence-electron chi connectivity index (χ1n) is 10.3. The van der Waals surface area contributed by atoms with Gasteiger partial charge < -0.3 is 15.2 Å². The number of carboxylic acids is 1. The van der Waals surface area contributed by atoms with E-state index in [1.54, 1.807) is 24.3 Å². The van der Waals surface area contributed by atoms with Crippen molar-refractivity contribution in [1.82, 2.24) is 0 Å². The number of benzene rings is 2. The molecule has 0 fully saturated rings. The van der Waals surface area contributed by atoms with Crippen LogP contribution in [0.1, 0.15) is 48.5 Å². The third kappa shape index (κ3) is 6.39. The zero-order valence-corrected chi connectivity index (χ0v) is 19.6. The van der Waals surface area contributed by atoms with Gasteiger partial charge in [-0.3, -0.25) is 0 Å². The molecule has 2 aromatic carbocycles. The highest BCUT2D eigenvalue weighted by Gasteiger charge is 2.16. The third-order valence-corrected chi connectivity index (χ3v) is 6.71. The van der Waals surface area contributed by atoms with Crippen LogP contribution in [0.4, 0.5) is 5.00 Å². The van der Waals surface area contributed by atoms with Crippen molar-refractivity contribution < 1.29 is 14.6 Å². The molecule has 1 heterocycles. The van der Waals surface area contributed by atoms with E-state index in [0.717, 1.165) is 35.4 Å². The van der Waals surface area contributed by atoms with E-state index in [1.165, 1.54) is 24.2 Å². The summed E-state index contributed by atoms with van der Waals surface area (Å²) in [5.74, 6) is -0.237. The lowest BCUT2D eigenvalue weighted by Gasteiger charge is -2.10. The van der Waals surface area contributed by atoms with Gasteiger partial charge in [-0.2, -0.15) is 0 Å². The van der Waals surface area contributed by atoms with E-state index in [4.69, 9.17) is 27.9 Å². The van der Waals surface area contributed by atoms with Crippen LogP contribution in [0.2, 0.25) is 10.0 Å². The quantitative estimate of drug-likeness (QED) is 0.274. The number of ether oxygens (including phenoxy) is 1. The fourth-order valence-electron chi connectivity index (χ4n) is 3.12. The van der Waals surface area contributed by atoms with Gasteiger partial charge in [0.25, 0.3) is 0 Å². The molecular weight excluding hydrogens is 453 g/mol. The minimum Gasteiger partial charge on any atom is -0.489 e. The number of unbranched alkanes of at least 4 members (excludes halogenated alkanes) is 3. The number of thiophene rings is 1. The molecule has 0 aliphatic rings. The first kappa shape index (κ1) is 23.5. The number of hydrogen-bond donors (Lipinski definition) is 2. The molecular formula is C24H25Cl2NO3S. The Balaban J connectivity index is 1.67. The molecule has 7 heteroatoms. The summed E-state index contributed by atoms with van der Waals surface area (Å²) in [6.45, 7) is 3.22. The van der Waals surface area contributed by atoms with Gasteiger partial charge in [0.05, 0.1) is 5.56 Å². The molecule has 0 radical (unpaired) electrons. The predicted octanol–water partition coefficient (Wildman–Crippen LogP) is 7.99. The van der Waals surface area contributed by atoms with Crippen LogP contribution in [0.3, 0.4) is 0 Å². The molecule has 0 saturated heterocycles. The second kappa shape index (κ2) is 11.4. The van der Waals surface area contributed by atoms with Crippen molar-refractivity contribution in [2.45, 2.75) is 39.2 Å². The SMILES string of the molecule is CCCCCCNc1sc(-c2ccc(OCc3c(Cl)cccc3Cl)cc2)cc1C(=O)O. The summed E-state index contributed by atoms with van der Waals surface area (Å²) in [7, 11) is 0. The summed E-state index contributed by atoms with van der Waals surface area (Å²) in [5.41, 5.74) is 1.99. The van der Waals surface area contributed by atoms with Gasteiger partial charge in [0.15, 0.2) is 0 Å². The van der Waals surface area contributed by atoms with Crippen LogP contribution in [-0.2, 0) is 6.61 Å². The van der Waals surface area contributed by atoms with Crippen LogP contribution >= 0.6 is 34.5 Å². The topological polar surface area (TPSA) is 58.6 Å². The van der Waals surface area contributed by atoms with Gasteiger partial charge in [0, 0.05) is 27.0 Å². The number of carboxylic acid groups (broad SMARTS) is 1. The van der Waals surface area contributed by atoms with Crippen LogP contribution in [0.5, 0.6) is 5.75 Å². The molecule has 0 atom stereocenters. The molecule has 0 aliphatic carbocycles. The van der Waals surface area contributed by atoms with E-state index < -0.39 is 5.97 Å². The molecule has 0 saturated carbocycles. The first-order valence-corrected chi connectivity index (χ1v) is 11.8. The second-order valence-electron chi connectivity index (χ2n) is 7.16.